The van der Waals surface area contributed by atoms with E-state index in [4.69, 9.17) is 4.42 Å². The number of anilines is 1. The molecule has 8 nitrogen and oxygen atoms in total. The fraction of sp³-hybridized carbons (Fsp3) is 0.129. The second-order valence-corrected chi connectivity index (χ2v) is 12.4. The topological polar surface area (TPSA) is 101 Å². The third-order valence-corrected chi connectivity index (χ3v) is 9.47. The Kier molecular flexibility index (Phi) is 7.29. The van der Waals surface area contributed by atoms with Gasteiger partial charge in [0.1, 0.15) is 11.6 Å². The van der Waals surface area contributed by atoms with Crippen molar-refractivity contribution in [1.29, 1.82) is 0 Å². The van der Waals surface area contributed by atoms with Crippen molar-refractivity contribution in [2.24, 2.45) is 0 Å². The third kappa shape index (κ3) is 5.33. The first-order chi connectivity index (χ1) is 19.8. The van der Waals surface area contributed by atoms with E-state index < -0.39 is 27.9 Å². The van der Waals surface area contributed by atoms with Crippen LogP contribution in [0.1, 0.15) is 12.0 Å². The molecule has 1 fully saturated rings. The molecule has 1 aliphatic heterocycles. The molecule has 1 unspecified atom stereocenters. The number of hydrogen-bond acceptors (Lipinski definition) is 6. The molecule has 6 rings (SSSR count). The van der Waals surface area contributed by atoms with E-state index in [1.165, 1.54) is 12.1 Å². The minimum Gasteiger partial charge on any atom is -0.436 e. The van der Waals surface area contributed by atoms with E-state index in [0.717, 1.165) is 24.8 Å². The second kappa shape index (κ2) is 11.0. The molecule has 206 valence electrons. The Morgan fingerprint density at radius 1 is 0.878 bits per heavy atom. The maximum absolute atomic E-state index is 13.8. The van der Waals surface area contributed by atoms with E-state index in [9.17, 15) is 18.0 Å². The number of amides is 2. The van der Waals surface area contributed by atoms with Gasteiger partial charge < -0.3 is 4.42 Å². The molecule has 0 bridgehead atoms. The highest BCUT2D eigenvalue weighted by Crippen LogP contribution is 2.32. The van der Waals surface area contributed by atoms with Crippen LogP contribution in [0.4, 0.5) is 5.69 Å². The van der Waals surface area contributed by atoms with Gasteiger partial charge >= 0.3 is 0 Å². The molecule has 0 saturated carbocycles. The SMILES string of the molecule is O=C1CC(N(CCc2ccccc2)S(=O)(=O)c2ccc(Br)cc2)C(=O)N1c1ccc(-c2nc3ccccc3o2)cc1. The lowest BCUT2D eigenvalue weighted by atomic mass is 10.1. The van der Waals surface area contributed by atoms with Crippen molar-refractivity contribution in [2.75, 3.05) is 11.4 Å². The van der Waals surface area contributed by atoms with E-state index in [2.05, 4.69) is 20.9 Å². The fourth-order valence-corrected chi connectivity index (χ4v) is 6.78. The Morgan fingerprint density at radius 3 is 2.27 bits per heavy atom. The number of carbonyl (C=O) groups excluding carboxylic acids is 2. The summed E-state index contributed by atoms with van der Waals surface area (Å²) in [7, 11) is -4.10. The maximum Gasteiger partial charge on any atom is 0.252 e. The summed E-state index contributed by atoms with van der Waals surface area (Å²) in [5, 5.41) is 0. The zero-order chi connectivity index (χ0) is 28.6. The summed E-state index contributed by atoms with van der Waals surface area (Å²) in [6.45, 7) is 0.0383. The molecule has 10 heteroatoms. The number of aromatic nitrogens is 1. The standard InChI is InChI=1S/C31H24BrN3O5S/c32-23-12-16-25(17-13-23)41(38,39)34(19-18-21-6-2-1-3-7-21)27-20-29(36)35(31(27)37)24-14-10-22(11-15-24)30-33-26-8-4-5-9-28(26)40-30/h1-17,27H,18-20H2. The normalized spacial score (nSPS) is 15.8. The van der Waals surface area contributed by atoms with Crippen molar-refractivity contribution in [1.82, 2.24) is 9.29 Å². The third-order valence-electron chi connectivity index (χ3n) is 7.02. The minimum atomic E-state index is -4.10. The van der Waals surface area contributed by atoms with Crippen molar-refractivity contribution >= 4 is 54.6 Å². The monoisotopic (exact) mass is 629 g/mol. The molecule has 0 aliphatic carbocycles. The molecule has 0 radical (unpaired) electrons. The predicted molar refractivity (Wildman–Crippen MR) is 159 cm³/mol. The van der Waals surface area contributed by atoms with E-state index in [-0.39, 0.29) is 17.9 Å². The average molecular weight is 631 g/mol. The Labute approximate surface area is 245 Å². The van der Waals surface area contributed by atoms with Crippen molar-refractivity contribution in [3.63, 3.8) is 0 Å². The zero-order valence-electron chi connectivity index (χ0n) is 21.7. The molecule has 1 saturated heterocycles. The first kappa shape index (κ1) is 27.1. The number of rotatable bonds is 8. The molecule has 2 heterocycles. The van der Waals surface area contributed by atoms with Crippen LogP contribution >= 0.6 is 15.9 Å². The lowest BCUT2D eigenvalue weighted by molar-refractivity contribution is -0.122. The number of benzene rings is 4. The van der Waals surface area contributed by atoms with Crippen LogP contribution in [0.15, 0.2) is 117 Å². The molecule has 4 aromatic carbocycles. The highest BCUT2D eigenvalue weighted by molar-refractivity contribution is 9.10. The van der Waals surface area contributed by atoms with Gasteiger partial charge in [0.05, 0.1) is 17.0 Å². The molecule has 0 spiro atoms. The summed E-state index contributed by atoms with van der Waals surface area (Å²) in [5.74, 6) is -0.633. The van der Waals surface area contributed by atoms with Gasteiger partial charge in [-0.15, -0.1) is 0 Å². The van der Waals surface area contributed by atoms with Crippen LogP contribution < -0.4 is 4.90 Å². The van der Waals surface area contributed by atoms with E-state index in [1.807, 2.05) is 54.6 Å². The lowest BCUT2D eigenvalue weighted by Gasteiger charge is -2.27. The van der Waals surface area contributed by atoms with E-state index >= 15 is 0 Å². The fourth-order valence-electron chi connectivity index (χ4n) is 4.93. The quantitative estimate of drug-likeness (QED) is 0.200. The van der Waals surface area contributed by atoms with Crippen LogP contribution in [-0.2, 0) is 26.0 Å². The van der Waals surface area contributed by atoms with Crippen LogP contribution in [-0.4, -0.2) is 42.1 Å². The number of oxazole rings is 1. The summed E-state index contributed by atoms with van der Waals surface area (Å²) >= 11 is 3.33. The molecule has 5 aromatic rings. The number of imide groups is 1. The Hall–Kier alpha value is -4.12. The van der Waals surface area contributed by atoms with Gasteiger partial charge in [-0.3, -0.25) is 9.59 Å². The molecule has 1 aromatic heterocycles. The van der Waals surface area contributed by atoms with Gasteiger partial charge in [0.2, 0.25) is 21.8 Å². The lowest BCUT2D eigenvalue weighted by Crippen LogP contribution is -2.46. The second-order valence-electron chi connectivity index (χ2n) is 9.63. The Bertz CT molecular complexity index is 1810. The number of carbonyl (C=O) groups is 2. The van der Waals surface area contributed by atoms with Gasteiger partial charge in [-0.05, 0) is 72.6 Å². The van der Waals surface area contributed by atoms with Crippen LogP contribution in [0.2, 0.25) is 0 Å². The number of halogens is 1. The van der Waals surface area contributed by atoms with Gasteiger partial charge in [-0.2, -0.15) is 4.31 Å². The van der Waals surface area contributed by atoms with E-state index in [0.29, 0.717) is 29.1 Å². The molecular weight excluding hydrogens is 606 g/mol. The van der Waals surface area contributed by atoms with Crippen molar-refractivity contribution in [3.05, 3.63) is 113 Å². The number of para-hydroxylation sites is 2. The molecule has 1 atom stereocenters. The summed E-state index contributed by atoms with van der Waals surface area (Å²) in [5.41, 5.74) is 3.34. The van der Waals surface area contributed by atoms with Crippen LogP contribution in [0.25, 0.3) is 22.6 Å². The molecule has 2 amide bonds. The zero-order valence-corrected chi connectivity index (χ0v) is 24.1. The number of fused-ring (bicyclic) bond motifs is 1. The largest absolute Gasteiger partial charge is 0.436 e. The number of nitrogens with zero attached hydrogens (tertiary/aromatic N) is 3. The molecule has 1 aliphatic rings. The molecule has 0 N–H and O–H groups in total. The van der Waals surface area contributed by atoms with Gasteiger partial charge in [0.25, 0.3) is 5.91 Å². The highest BCUT2D eigenvalue weighted by atomic mass is 79.9. The summed E-state index contributed by atoms with van der Waals surface area (Å²) in [4.78, 5) is 32.5. The van der Waals surface area contributed by atoms with Crippen molar-refractivity contribution < 1.29 is 22.4 Å². The highest BCUT2D eigenvalue weighted by Gasteiger charge is 2.46. The van der Waals surface area contributed by atoms with Crippen LogP contribution in [0.3, 0.4) is 0 Å². The van der Waals surface area contributed by atoms with Crippen LogP contribution in [0.5, 0.6) is 0 Å². The predicted octanol–water partition coefficient (Wildman–Crippen LogP) is 5.82. The first-order valence-corrected chi connectivity index (χ1v) is 15.2. The summed E-state index contributed by atoms with van der Waals surface area (Å²) in [6, 6.07) is 28.6. The van der Waals surface area contributed by atoms with Crippen molar-refractivity contribution in [3.8, 4) is 11.5 Å². The summed E-state index contributed by atoms with van der Waals surface area (Å²) in [6.07, 6.45) is 0.129. The molecule has 41 heavy (non-hydrogen) atoms. The smallest absolute Gasteiger partial charge is 0.252 e. The number of hydrogen-bond donors (Lipinski definition) is 0. The average Bonchev–Trinajstić information content (AvgIpc) is 3.54. The van der Waals surface area contributed by atoms with Gasteiger partial charge in [0.15, 0.2) is 5.58 Å². The van der Waals surface area contributed by atoms with Gasteiger partial charge in [-0.1, -0.05) is 58.4 Å². The first-order valence-electron chi connectivity index (χ1n) is 13.0. The van der Waals surface area contributed by atoms with Crippen molar-refractivity contribution in [2.45, 2.75) is 23.8 Å². The van der Waals surface area contributed by atoms with E-state index in [1.54, 1.807) is 36.4 Å². The minimum absolute atomic E-state index is 0.0383. The van der Waals surface area contributed by atoms with Crippen LogP contribution in [0, 0.1) is 0 Å². The Balaban J connectivity index is 1.29. The Morgan fingerprint density at radius 2 is 1.56 bits per heavy atom. The number of sulfonamides is 1. The molecular formula is C31H24BrN3O5S. The van der Waals surface area contributed by atoms with Gasteiger partial charge in [0, 0.05) is 16.6 Å². The summed E-state index contributed by atoms with van der Waals surface area (Å²) < 4.78 is 35.4. The maximum atomic E-state index is 13.8. The van der Waals surface area contributed by atoms with Gasteiger partial charge in [-0.25, -0.2) is 18.3 Å².